The van der Waals surface area contributed by atoms with Crippen LogP contribution in [0.25, 0.3) is 0 Å². The molecule has 1 N–H and O–H groups in total. The Bertz CT molecular complexity index is 211. The van der Waals surface area contributed by atoms with E-state index in [9.17, 15) is 30.3 Å². The van der Waals surface area contributed by atoms with E-state index in [2.05, 4.69) is 0 Å². The van der Waals surface area contributed by atoms with Crippen molar-refractivity contribution in [3.8, 4) is 0 Å². The van der Waals surface area contributed by atoms with Gasteiger partial charge >= 0.3 is 12.4 Å². The van der Waals surface area contributed by atoms with Crippen LogP contribution in [0.3, 0.4) is 0 Å². The van der Waals surface area contributed by atoms with Gasteiger partial charge in [-0.05, 0) is 0 Å². The first-order valence-corrected chi connectivity index (χ1v) is 2.46. The number of hydrogen-bond donors (Lipinski definition) is 1. The highest BCUT2D eigenvalue weighted by Crippen LogP contribution is 1.99. The van der Waals surface area contributed by atoms with Crippen molar-refractivity contribution in [2.24, 2.45) is 0 Å². The van der Waals surface area contributed by atoms with Crippen molar-refractivity contribution in [3.05, 3.63) is 30.3 Å². The lowest BCUT2D eigenvalue weighted by atomic mass is 10.5. The molecule has 0 aromatic rings. The van der Waals surface area contributed by atoms with E-state index in [1.807, 2.05) is 0 Å². The summed E-state index contributed by atoms with van der Waals surface area (Å²) in [4.78, 5) is 24.7. The molecule has 0 amide bonds. The van der Waals surface area contributed by atoms with Gasteiger partial charge in [0.25, 0.3) is 0 Å². The highest BCUT2D eigenvalue weighted by Gasteiger charge is 2.50. The molecule has 10 nitrogen and oxygen atoms in total. The van der Waals surface area contributed by atoms with Gasteiger partial charge in [0.2, 0.25) is 0 Å². The van der Waals surface area contributed by atoms with Crippen molar-refractivity contribution < 1.29 is 19.9 Å². The van der Waals surface area contributed by atoms with Crippen molar-refractivity contribution in [3.63, 3.8) is 0 Å². The molecule has 0 fully saturated rings. The third kappa shape index (κ3) is 2.09. The van der Waals surface area contributed by atoms with Gasteiger partial charge in [-0.15, -0.1) is 0 Å². The predicted molar refractivity (Wildman–Crippen MR) is 30.8 cm³/mol. The van der Waals surface area contributed by atoms with Gasteiger partial charge < -0.3 is 5.11 Å². The third-order valence-electron chi connectivity index (χ3n) is 0.915. The maximum Gasteiger partial charge on any atom is 0.541 e. The van der Waals surface area contributed by atoms with E-state index in [-0.39, 0.29) is 0 Å². The fourth-order valence-electron chi connectivity index (χ4n) is 0.404. The Hall–Kier alpha value is -1.84. The summed E-state index contributed by atoms with van der Waals surface area (Å²) >= 11 is 0. The van der Waals surface area contributed by atoms with Gasteiger partial charge in [-0.1, -0.05) is 0 Å². The quantitative estimate of drug-likeness (QED) is 0.313. The van der Waals surface area contributed by atoms with Gasteiger partial charge in [-0.3, -0.25) is 30.3 Å². The standard InChI is InChI=1S/C2H3N3O7/c6-2(5(11)12)1(3(7)8)4(9)10/h1-2,6H. The molecule has 0 bridgehead atoms. The second kappa shape index (κ2) is 3.52. The molecule has 0 radical (unpaired) electrons. The van der Waals surface area contributed by atoms with Crippen LogP contribution in [0.4, 0.5) is 0 Å². The molecule has 0 aliphatic rings. The molecule has 0 rings (SSSR count). The Kier molecular flexibility index (Phi) is 2.98. The molecule has 0 aliphatic heterocycles. The molecule has 1 atom stereocenters. The highest BCUT2D eigenvalue weighted by atomic mass is 16.7. The summed E-state index contributed by atoms with van der Waals surface area (Å²) in [5, 5.41) is 37.6. The largest absolute Gasteiger partial charge is 0.541 e. The maximum absolute atomic E-state index is 9.79. The molecule has 12 heavy (non-hydrogen) atoms. The smallest absolute Gasteiger partial charge is 0.321 e. The molecule has 68 valence electrons. The van der Waals surface area contributed by atoms with E-state index in [4.69, 9.17) is 5.11 Å². The zero-order valence-electron chi connectivity index (χ0n) is 5.39. The summed E-state index contributed by atoms with van der Waals surface area (Å²) in [5.74, 6) is 0. The van der Waals surface area contributed by atoms with Crippen LogP contribution in [0, 0.1) is 30.3 Å². The molecule has 0 heterocycles. The number of rotatable bonds is 4. The minimum Gasteiger partial charge on any atom is -0.321 e. The third-order valence-corrected chi connectivity index (χ3v) is 0.915. The Labute approximate surface area is 63.9 Å². The van der Waals surface area contributed by atoms with Gasteiger partial charge in [-0.2, -0.15) is 0 Å². The van der Waals surface area contributed by atoms with Crippen LogP contribution in [0.2, 0.25) is 0 Å². The lowest BCUT2D eigenvalue weighted by molar-refractivity contribution is -0.799. The molecule has 0 spiro atoms. The first kappa shape index (κ1) is 10.2. The number of nitro groups is 3. The van der Waals surface area contributed by atoms with Crippen LogP contribution in [-0.2, 0) is 0 Å². The average Bonchev–Trinajstić information content (AvgIpc) is 1.85. The van der Waals surface area contributed by atoms with Crippen LogP contribution in [0.15, 0.2) is 0 Å². The first-order chi connectivity index (χ1) is 5.37. The van der Waals surface area contributed by atoms with E-state index in [0.717, 1.165) is 0 Å². The van der Waals surface area contributed by atoms with Crippen molar-refractivity contribution in [2.75, 3.05) is 0 Å². The van der Waals surface area contributed by atoms with Crippen molar-refractivity contribution in [1.82, 2.24) is 0 Å². The van der Waals surface area contributed by atoms with Gasteiger partial charge in [0.1, 0.15) is 9.85 Å². The van der Waals surface area contributed by atoms with Crippen LogP contribution in [0.1, 0.15) is 0 Å². The van der Waals surface area contributed by atoms with Crippen LogP contribution >= 0.6 is 0 Å². The molecule has 1 unspecified atom stereocenters. The second-order valence-corrected chi connectivity index (χ2v) is 1.68. The summed E-state index contributed by atoms with van der Waals surface area (Å²) in [6, 6.07) is 0. The van der Waals surface area contributed by atoms with Crippen molar-refractivity contribution in [2.45, 2.75) is 12.4 Å². The lowest BCUT2D eigenvalue weighted by Crippen LogP contribution is -2.44. The normalized spacial score (nSPS) is 12.5. The summed E-state index contributed by atoms with van der Waals surface area (Å²) in [6.07, 6.45) is -5.64. The Morgan fingerprint density at radius 2 is 1.25 bits per heavy atom. The van der Waals surface area contributed by atoms with Crippen LogP contribution in [0.5, 0.6) is 0 Å². The zero-order valence-corrected chi connectivity index (χ0v) is 5.39. The summed E-state index contributed by atoms with van der Waals surface area (Å²) in [7, 11) is 0. The molecular formula is C2H3N3O7. The Morgan fingerprint density at radius 1 is 0.917 bits per heavy atom. The zero-order chi connectivity index (χ0) is 9.89. The number of nitrogens with zero attached hydrogens (tertiary/aromatic N) is 3. The molecular weight excluding hydrogens is 178 g/mol. The minimum absolute atomic E-state index is 1.50. The van der Waals surface area contributed by atoms with E-state index >= 15 is 0 Å². The van der Waals surface area contributed by atoms with E-state index in [1.54, 1.807) is 0 Å². The molecule has 10 heteroatoms. The Balaban J connectivity index is 4.63. The monoisotopic (exact) mass is 181 g/mol. The SMILES string of the molecule is O=[N+]([O-])C(O)C([N+](=O)[O-])[N+](=O)[O-]. The molecule has 0 aromatic carbocycles. The molecule has 0 aromatic heterocycles. The number of aliphatic hydroxyl groups is 1. The van der Waals surface area contributed by atoms with Gasteiger partial charge in [-0.25, -0.2) is 0 Å². The van der Waals surface area contributed by atoms with Crippen LogP contribution in [-0.4, -0.2) is 32.3 Å². The highest BCUT2D eigenvalue weighted by molar-refractivity contribution is 4.43. The van der Waals surface area contributed by atoms with E-state index in [0.29, 0.717) is 0 Å². The fraction of sp³-hybridized carbons (Fsp3) is 1.00. The topological polar surface area (TPSA) is 150 Å². The number of hydrogen-bond acceptors (Lipinski definition) is 7. The summed E-state index contributed by atoms with van der Waals surface area (Å²) in [6.45, 7) is 0. The van der Waals surface area contributed by atoms with E-state index in [1.165, 1.54) is 0 Å². The number of aliphatic hydroxyl groups excluding tert-OH is 1. The van der Waals surface area contributed by atoms with Gasteiger partial charge in [0.15, 0.2) is 0 Å². The lowest BCUT2D eigenvalue weighted by Gasteiger charge is -2.01. The molecule has 0 saturated heterocycles. The first-order valence-electron chi connectivity index (χ1n) is 2.46. The van der Waals surface area contributed by atoms with Crippen molar-refractivity contribution >= 4 is 0 Å². The maximum atomic E-state index is 9.79. The molecule has 0 aliphatic carbocycles. The van der Waals surface area contributed by atoms with Crippen LogP contribution < -0.4 is 0 Å². The van der Waals surface area contributed by atoms with Gasteiger partial charge in [0, 0.05) is 0 Å². The van der Waals surface area contributed by atoms with E-state index < -0.39 is 27.2 Å². The predicted octanol–water partition coefficient (Wildman–Crippen LogP) is -1.54. The van der Waals surface area contributed by atoms with Gasteiger partial charge in [0.05, 0.1) is 4.92 Å². The second-order valence-electron chi connectivity index (χ2n) is 1.68. The average molecular weight is 181 g/mol. The fourth-order valence-corrected chi connectivity index (χ4v) is 0.404. The Morgan fingerprint density at radius 3 is 1.33 bits per heavy atom. The minimum atomic E-state index is -2.82. The van der Waals surface area contributed by atoms with Crippen molar-refractivity contribution in [1.29, 1.82) is 0 Å². The molecule has 0 saturated carbocycles. The summed E-state index contributed by atoms with van der Waals surface area (Å²) < 4.78 is 0. The summed E-state index contributed by atoms with van der Waals surface area (Å²) in [5.41, 5.74) is 0.